The van der Waals surface area contributed by atoms with Gasteiger partial charge in [-0.15, -0.1) is 0 Å². The molecule has 0 aliphatic carbocycles. The fourth-order valence-corrected chi connectivity index (χ4v) is 1.91. The van der Waals surface area contributed by atoms with Crippen molar-refractivity contribution in [2.24, 2.45) is 0 Å². The van der Waals surface area contributed by atoms with Crippen molar-refractivity contribution in [3.05, 3.63) is 28.7 Å². The SMILES string of the molecule is CC[NH+](CC)CCCOc1ccc(Br)cc1. The van der Waals surface area contributed by atoms with Gasteiger partial charge in [0.25, 0.3) is 0 Å². The van der Waals surface area contributed by atoms with Gasteiger partial charge in [-0.3, -0.25) is 0 Å². The van der Waals surface area contributed by atoms with Crippen LogP contribution in [0.15, 0.2) is 28.7 Å². The van der Waals surface area contributed by atoms with Crippen LogP contribution in [0.3, 0.4) is 0 Å². The lowest BCUT2D eigenvalue weighted by atomic mass is 10.3. The van der Waals surface area contributed by atoms with E-state index in [1.54, 1.807) is 4.90 Å². The van der Waals surface area contributed by atoms with Crippen molar-refractivity contribution >= 4 is 15.9 Å². The molecule has 0 radical (unpaired) electrons. The van der Waals surface area contributed by atoms with E-state index in [1.807, 2.05) is 24.3 Å². The molecule has 0 fully saturated rings. The standard InChI is InChI=1S/C13H20BrNO/c1-3-15(4-2)10-5-11-16-13-8-6-12(14)7-9-13/h6-9H,3-5,10-11H2,1-2H3/p+1. The molecule has 0 heterocycles. The van der Waals surface area contributed by atoms with E-state index in [4.69, 9.17) is 4.74 Å². The van der Waals surface area contributed by atoms with Crippen molar-refractivity contribution in [1.82, 2.24) is 0 Å². The molecule has 3 heteroatoms. The first kappa shape index (κ1) is 13.5. The van der Waals surface area contributed by atoms with Gasteiger partial charge in [0, 0.05) is 10.9 Å². The van der Waals surface area contributed by atoms with Crippen LogP contribution < -0.4 is 9.64 Å². The summed E-state index contributed by atoms with van der Waals surface area (Å²) in [4.78, 5) is 1.64. The van der Waals surface area contributed by atoms with Crippen LogP contribution in [0.25, 0.3) is 0 Å². The third-order valence-electron chi connectivity index (χ3n) is 2.76. The Morgan fingerprint density at radius 2 is 1.75 bits per heavy atom. The van der Waals surface area contributed by atoms with Crippen molar-refractivity contribution in [2.45, 2.75) is 20.3 Å². The van der Waals surface area contributed by atoms with Gasteiger partial charge < -0.3 is 9.64 Å². The number of nitrogens with one attached hydrogen (secondary N) is 1. The summed E-state index contributed by atoms with van der Waals surface area (Å²) in [6, 6.07) is 8.00. The van der Waals surface area contributed by atoms with Gasteiger partial charge >= 0.3 is 0 Å². The number of hydrogen-bond acceptors (Lipinski definition) is 1. The summed E-state index contributed by atoms with van der Waals surface area (Å²) in [7, 11) is 0. The van der Waals surface area contributed by atoms with Crippen LogP contribution in [-0.4, -0.2) is 26.2 Å². The topological polar surface area (TPSA) is 13.7 Å². The highest BCUT2D eigenvalue weighted by molar-refractivity contribution is 9.10. The lowest BCUT2D eigenvalue weighted by Crippen LogP contribution is -3.11. The van der Waals surface area contributed by atoms with Crippen molar-refractivity contribution in [2.75, 3.05) is 26.2 Å². The maximum absolute atomic E-state index is 5.67. The Hall–Kier alpha value is -0.540. The molecule has 1 aromatic rings. The van der Waals surface area contributed by atoms with E-state index in [-0.39, 0.29) is 0 Å². The van der Waals surface area contributed by atoms with Crippen molar-refractivity contribution in [1.29, 1.82) is 0 Å². The van der Waals surface area contributed by atoms with Gasteiger partial charge in [0.2, 0.25) is 0 Å². The molecule has 0 aromatic heterocycles. The first-order chi connectivity index (χ1) is 7.76. The van der Waals surface area contributed by atoms with Gasteiger partial charge in [0.15, 0.2) is 0 Å². The highest BCUT2D eigenvalue weighted by Crippen LogP contribution is 2.15. The van der Waals surface area contributed by atoms with E-state index in [1.165, 1.54) is 19.6 Å². The Balaban J connectivity index is 2.18. The number of rotatable bonds is 7. The van der Waals surface area contributed by atoms with Crippen LogP contribution >= 0.6 is 15.9 Å². The molecule has 1 N–H and O–H groups in total. The minimum Gasteiger partial charge on any atom is -0.493 e. The lowest BCUT2D eigenvalue weighted by Gasteiger charge is -2.15. The summed E-state index contributed by atoms with van der Waals surface area (Å²) in [5, 5.41) is 0. The van der Waals surface area contributed by atoms with Crippen molar-refractivity contribution < 1.29 is 9.64 Å². The molecular weight excluding hydrogens is 266 g/mol. The summed E-state index contributed by atoms with van der Waals surface area (Å²) in [6.07, 6.45) is 1.12. The first-order valence-electron chi connectivity index (χ1n) is 5.98. The monoisotopic (exact) mass is 286 g/mol. The maximum atomic E-state index is 5.67. The van der Waals surface area contributed by atoms with E-state index >= 15 is 0 Å². The van der Waals surface area contributed by atoms with Crippen molar-refractivity contribution in [3.63, 3.8) is 0 Å². The predicted molar refractivity (Wildman–Crippen MR) is 71.2 cm³/mol. The fourth-order valence-electron chi connectivity index (χ4n) is 1.65. The fraction of sp³-hybridized carbons (Fsp3) is 0.538. The van der Waals surface area contributed by atoms with Crippen molar-refractivity contribution in [3.8, 4) is 5.75 Å². The molecule has 2 nitrogen and oxygen atoms in total. The molecular formula is C13H21BrNO+. The zero-order valence-corrected chi connectivity index (χ0v) is 11.7. The lowest BCUT2D eigenvalue weighted by molar-refractivity contribution is -0.896. The van der Waals surface area contributed by atoms with E-state index in [0.29, 0.717) is 0 Å². The summed E-state index contributed by atoms with van der Waals surface area (Å²) in [5.41, 5.74) is 0. The number of quaternary nitrogens is 1. The number of halogens is 1. The highest BCUT2D eigenvalue weighted by Gasteiger charge is 2.01. The van der Waals surface area contributed by atoms with Crippen LogP contribution in [0.5, 0.6) is 5.75 Å². The van der Waals surface area contributed by atoms with E-state index in [0.717, 1.165) is 23.2 Å². The average molecular weight is 287 g/mol. The first-order valence-corrected chi connectivity index (χ1v) is 6.77. The van der Waals surface area contributed by atoms with E-state index < -0.39 is 0 Å². The second-order valence-electron chi connectivity index (χ2n) is 3.86. The predicted octanol–water partition coefficient (Wildman–Crippen LogP) is 2.14. The minimum absolute atomic E-state index is 0.811. The van der Waals surface area contributed by atoms with E-state index in [2.05, 4.69) is 29.8 Å². The number of benzene rings is 1. The van der Waals surface area contributed by atoms with E-state index in [9.17, 15) is 0 Å². The summed E-state index contributed by atoms with van der Waals surface area (Å²) in [5.74, 6) is 0.956. The Bertz CT molecular complexity index is 282. The number of hydrogen-bond donors (Lipinski definition) is 1. The molecule has 16 heavy (non-hydrogen) atoms. The Kier molecular flexibility index (Phi) is 6.50. The van der Waals surface area contributed by atoms with Crippen LogP contribution in [0.2, 0.25) is 0 Å². The summed E-state index contributed by atoms with van der Waals surface area (Å²) >= 11 is 3.41. The maximum Gasteiger partial charge on any atom is 0.119 e. The molecule has 0 saturated heterocycles. The molecule has 0 aliphatic heterocycles. The second-order valence-corrected chi connectivity index (χ2v) is 4.78. The normalized spacial score (nSPS) is 10.8. The van der Waals surface area contributed by atoms with Gasteiger partial charge in [0.1, 0.15) is 5.75 Å². The van der Waals surface area contributed by atoms with Gasteiger partial charge in [0.05, 0.1) is 26.2 Å². The van der Waals surface area contributed by atoms with Gasteiger partial charge in [-0.2, -0.15) is 0 Å². The van der Waals surface area contributed by atoms with Crippen LogP contribution in [0.4, 0.5) is 0 Å². The molecule has 0 spiro atoms. The average Bonchev–Trinajstić information content (AvgIpc) is 2.32. The zero-order valence-electron chi connectivity index (χ0n) is 10.1. The number of ether oxygens (including phenoxy) is 1. The molecule has 0 aliphatic rings. The quantitative estimate of drug-likeness (QED) is 0.759. The molecule has 0 atom stereocenters. The molecule has 0 bridgehead atoms. The zero-order chi connectivity index (χ0) is 11.8. The second kappa shape index (κ2) is 7.69. The molecule has 0 amide bonds. The summed E-state index contributed by atoms with van der Waals surface area (Å²) < 4.78 is 6.76. The third-order valence-corrected chi connectivity index (χ3v) is 3.29. The van der Waals surface area contributed by atoms with Crippen LogP contribution in [0.1, 0.15) is 20.3 Å². The van der Waals surface area contributed by atoms with Gasteiger partial charge in [-0.1, -0.05) is 15.9 Å². The smallest absolute Gasteiger partial charge is 0.119 e. The van der Waals surface area contributed by atoms with Gasteiger partial charge in [-0.05, 0) is 38.1 Å². The molecule has 0 saturated carbocycles. The molecule has 1 aromatic carbocycles. The highest BCUT2D eigenvalue weighted by atomic mass is 79.9. The Morgan fingerprint density at radius 1 is 1.12 bits per heavy atom. The molecule has 0 unspecified atom stereocenters. The third kappa shape index (κ3) is 4.99. The Morgan fingerprint density at radius 3 is 2.31 bits per heavy atom. The minimum atomic E-state index is 0.811. The molecule has 90 valence electrons. The van der Waals surface area contributed by atoms with Gasteiger partial charge in [-0.25, -0.2) is 0 Å². The van der Waals surface area contributed by atoms with Crippen LogP contribution in [-0.2, 0) is 0 Å². The van der Waals surface area contributed by atoms with Crippen LogP contribution in [0, 0.1) is 0 Å². The largest absolute Gasteiger partial charge is 0.493 e. The summed E-state index contributed by atoms with van der Waals surface area (Å²) in [6.45, 7) is 8.88. The molecule has 1 rings (SSSR count). The Labute approximate surface area is 107 Å².